The maximum Gasteiger partial charge on any atom is 0.339 e. The number of benzene rings is 1. The molecule has 0 N–H and O–H groups in total. The number of esters is 1. The second kappa shape index (κ2) is 5.02. The Hall–Kier alpha value is -1.83. The van der Waals surface area contributed by atoms with Crippen LogP contribution in [0.15, 0.2) is 43.5 Å². The average molecular weight is 188 g/mol. The SMILES string of the molecule is C=CCOC(=O)c1ccccc1C=C. The van der Waals surface area contributed by atoms with E-state index in [0.717, 1.165) is 5.56 Å². The Labute approximate surface area is 83.5 Å². The molecule has 0 saturated carbocycles. The Morgan fingerprint density at radius 2 is 2.07 bits per heavy atom. The zero-order valence-corrected chi connectivity index (χ0v) is 7.90. The van der Waals surface area contributed by atoms with Crippen molar-refractivity contribution < 1.29 is 9.53 Å². The molecular weight excluding hydrogens is 176 g/mol. The molecule has 0 radical (unpaired) electrons. The second-order valence-corrected chi connectivity index (χ2v) is 2.68. The molecule has 1 aromatic carbocycles. The molecule has 0 aromatic heterocycles. The van der Waals surface area contributed by atoms with Crippen molar-refractivity contribution in [2.24, 2.45) is 0 Å². The maximum atomic E-state index is 11.5. The van der Waals surface area contributed by atoms with Crippen LogP contribution >= 0.6 is 0 Å². The highest BCUT2D eigenvalue weighted by molar-refractivity contribution is 5.93. The molecule has 0 aliphatic carbocycles. The number of hydrogen-bond donors (Lipinski definition) is 0. The number of hydrogen-bond acceptors (Lipinski definition) is 2. The molecule has 1 rings (SSSR count). The van der Waals surface area contributed by atoms with Gasteiger partial charge in [-0.25, -0.2) is 4.79 Å². The van der Waals surface area contributed by atoms with Crippen molar-refractivity contribution in [2.75, 3.05) is 6.61 Å². The van der Waals surface area contributed by atoms with E-state index in [1.807, 2.05) is 12.1 Å². The van der Waals surface area contributed by atoms with Crippen LogP contribution in [0.3, 0.4) is 0 Å². The summed E-state index contributed by atoms with van der Waals surface area (Å²) in [4.78, 5) is 11.5. The minimum absolute atomic E-state index is 0.226. The van der Waals surface area contributed by atoms with E-state index in [0.29, 0.717) is 5.56 Å². The van der Waals surface area contributed by atoms with Gasteiger partial charge in [0.2, 0.25) is 0 Å². The Bertz CT molecular complexity index is 353. The van der Waals surface area contributed by atoms with Crippen molar-refractivity contribution in [1.29, 1.82) is 0 Å². The lowest BCUT2D eigenvalue weighted by atomic mass is 10.1. The summed E-state index contributed by atoms with van der Waals surface area (Å²) < 4.78 is 4.91. The molecule has 0 bridgehead atoms. The molecular formula is C12H12O2. The van der Waals surface area contributed by atoms with E-state index in [4.69, 9.17) is 4.74 Å². The van der Waals surface area contributed by atoms with Gasteiger partial charge in [-0.3, -0.25) is 0 Å². The first-order valence-corrected chi connectivity index (χ1v) is 4.29. The molecule has 0 unspecified atom stereocenters. The van der Waals surface area contributed by atoms with Crippen LogP contribution in [0.5, 0.6) is 0 Å². The predicted octanol–water partition coefficient (Wildman–Crippen LogP) is 2.67. The van der Waals surface area contributed by atoms with Gasteiger partial charge < -0.3 is 4.74 Å². The number of carbonyl (C=O) groups is 1. The van der Waals surface area contributed by atoms with Crippen LogP contribution in [0.25, 0.3) is 6.08 Å². The third-order valence-electron chi connectivity index (χ3n) is 1.73. The molecule has 14 heavy (non-hydrogen) atoms. The smallest absolute Gasteiger partial charge is 0.339 e. The van der Waals surface area contributed by atoms with Crippen LogP contribution in [0.2, 0.25) is 0 Å². The molecule has 0 aliphatic rings. The molecule has 2 nitrogen and oxygen atoms in total. The maximum absolute atomic E-state index is 11.5. The topological polar surface area (TPSA) is 26.3 Å². The first-order valence-electron chi connectivity index (χ1n) is 4.29. The van der Waals surface area contributed by atoms with Gasteiger partial charge in [-0.1, -0.05) is 43.5 Å². The molecule has 0 aliphatic heterocycles. The van der Waals surface area contributed by atoms with Crippen molar-refractivity contribution >= 4 is 12.0 Å². The highest BCUT2D eigenvalue weighted by atomic mass is 16.5. The first-order chi connectivity index (χ1) is 6.79. The van der Waals surface area contributed by atoms with Crippen molar-refractivity contribution in [3.63, 3.8) is 0 Å². The summed E-state index contributed by atoms with van der Waals surface area (Å²) in [6.45, 7) is 7.32. The van der Waals surface area contributed by atoms with Crippen molar-refractivity contribution in [1.82, 2.24) is 0 Å². The van der Waals surface area contributed by atoms with E-state index in [-0.39, 0.29) is 12.6 Å². The molecule has 0 saturated heterocycles. The zero-order valence-electron chi connectivity index (χ0n) is 7.90. The van der Waals surface area contributed by atoms with E-state index in [1.165, 1.54) is 6.08 Å². The van der Waals surface area contributed by atoms with Gasteiger partial charge in [0.1, 0.15) is 6.61 Å². The largest absolute Gasteiger partial charge is 0.458 e. The van der Waals surface area contributed by atoms with Crippen LogP contribution in [0, 0.1) is 0 Å². The highest BCUT2D eigenvalue weighted by Gasteiger charge is 2.08. The van der Waals surface area contributed by atoms with Crippen LogP contribution in [0.1, 0.15) is 15.9 Å². The number of carbonyl (C=O) groups excluding carboxylic acids is 1. The van der Waals surface area contributed by atoms with Crippen LogP contribution in [-0.2, 0) is 4.74 Å². The lowest BCUT2D eigenvalue weighted by Gasteiger charge is -2.04. The lowest BCUT2D eigenvalue weighted by molar-refractivity contribution is 0.0549. The fraction of sp³-hybridized carbons (Fsp3) is 0.0833. The fourth-order valence-electron chi connectivity index (χ4n) is 1.07. The monoisotopic (exact) mass is 188 g/mol. The number of rotatable bonds is 4. The van der Waals surface area contributed by atoms with Gasteiger partial charge in [-0.2, -0.15) is 0 Å². The van der Waals surface area contributed by atoms with E-state index >= 15 is 0 Å². The molecule has 72 valence electrons. The third-order valence-corrected chi connectivity index (χ3v) is 1.73. The first kappa shape index (κ1) is 10.3. The molecule has 0 heterocycles. The summed E-state index contributed by atoms with van der Waals surface area (Å²) in [6, 6.07) is 7.17. The molecule has 0 spiro atoms. The quantitative estimate of drug-likeness (QED) is 0.536. The normalized spacial score (nSPS) is 9.14. The minimum Gasteiger partial charge on any atom is -0.458 e. The number of ether oxygens (including phenoxy) is 1. The van der Waals surface area contributed by atoms with Crippen LogP contribution in [0.4, 0.5) is 0 Å². The highest BCUT2D eigenvalue weighted by Crippen LogP contribution is 2.11. The van der Waals surface area contributed by atoms with E-state index < -0.39 is 0 Å². The summed E-state index contributed by atoms with van der Waals surface area (Å²) in [5.41, 5.74) is 1.31. The third kappa shape index (κ3) is 2.33. The molecule has 0 amide bonds. The van der Waals surface area contributed by atoms with Gasteiger partial charge in [-0.15, -0.1) is 0 Å². The Morgan fingerprint density at radius 3 is 2.71 bits per heavy atom. The summed E-state index contributed by atoms with van der Waals surface area (Å²) >= 11 is 0. The standard InChI is InChI=1S/C12H12O2/c1-3-9-14-12(13)11-8-6-5-7-10(11)4-2/h3-8H,1-2,9H2. The van der Waals surface area contributed by atoms with Crippen molar-refractivity contribution in [3.05, 3.63) is 54.6 Å². The van der Waals surface area contributed by atoms with Crippen LogP contribution < -0.4 is 0 Å². The Morgan fingerprint density at radius 1 is 1.36 bits per heavy atom. The van der Waals surface area contributed by atoms with E-state index in [2.05, 4.69) is 13.2 Å². The van der Waals surface area contributed by atoms with Crippen LogP contribution in [-0.4, -0.2) is 12.6 Å². The van der Waals surface area contributed by atoms with Gasteiger partial charge in [0, 0.05) is 0 Å². The van der Waals surface area contributed by atoms with Gasteiger partial charge in [0.25, 0.3) is 0 Å². The second-order valence-electron chi connectivity index (χ2n) is 2.68. The van der Waals surface area contributed by atoms with E-state index in [1.54, 1.807) is 18.2 Å². The molecule has 0 fully saturated rings. The molecule has 0 atom stereocenters. The predicted molar refractivity (Wildman–Crippen MR) is 57.0 cm³/mol. The summed E-state index contributed by atoms with van der Waals surface area (Å²) in [7, 11) is 0. The Kier molecular flexibility index (Phi) is 3.68. The summed E-state index contributed by atoms with van der Waals surface area (Å²) in [5, 5.41) is 0. The lowest BCUT2D eigenvalue weighted by Crippen LogP contribution is -2.06. The zero-order chi connectivity index (χ0) is 10.4. The molecule has 1 aromatic rings. The molecule has 2 heteroatoms. The minimum atomic E-state index is -0.347. The van der Waals surface area contributed by atoms with E-state index in [9.17, 15) is 4.79 Å². The Balaban J connectivity index is 2.88. The average Bonchev–Trinajstić information content (AvgIpc) is 2.25. The van der Waals surface area contributed by atoms with Crippen molar-refractivity contribution in [3.8, 4) is 0 Å². The van der Waals surface area contributed by atoms with Crippen molar-refractivity contribution in [2.45, 2.75) is 0 Å². The summed E-state index contributed by atoms with van der Waals surface area (Å²) in [6.07, 6.45) is 3.17. The van der Waals surface area contributed by atoms with Gasteiger partial charge in [-0.05, 0) is 11.6 Å². The van der Waals surface area contributed by atoms with Gasteiger partial charge in [0.05, 0.1) is 5.56 Å². The van der Waals surface area contributed by atoms with Gasteiger partial charge >= 0.3 is 5.97 Å². The fourth-order valence-corrected chi connectivity index (χ4v) is 1.07. The summed E-state index contributed by atoms with van der Waals surface area (Å²) in [5.74, 6) is -0.347. The van der Waals surface area contributed by atoms with Gasteiger partial charge in [0.15, 0.2) is 0 Å².